The van der Waals surface area contributed by atoms with E-state index >= 15 is 0 Å². The van der Waals surface area contributed by atoms with Gasteiger partial charge in [-0.1, -0.05) is 45.0 Å². The van der Waals surface area contributed by atoms with E-state index < -0.39 is 74.3 Å². The zero-order valence-corrected chi connectivity index (χ0v) is 56.0. The molecule has 1 saturated heterocycles. The van der Waals surface area contributed by atoms with Crippen molar-refractivity contribution in [3.05, 3.63) is 124 Å². The van der Waals surface area contributed by atoms with Crippen LogP contribution in [0.25, 0.3) is 31.6 Å². The molecule has 6 N–H and O–H groups in total. The van der Waals surface area contributed by atoms with Crippen molar-refractivity contribution in [2.24, 2.45) is 11.1 Å². The predicted molar refractivity (Wildman–Crippen MR) is 352 cm³/mol. The number of alkyl carbamates (subject to hydrolysis) is 1. The number of carbonyl (C=O) groups is 5. The molecule has 1 fully saturated rings. The Morgan fingerprint density at radius 3 is 2.09 bits per heavy atom. The highest BCUT2D eigenvalue weighted by Gasteiger charge is 2.46. The highest BCUT2D eigenvalue weighted by Crippen LogP contribution is 2.38. The van der Waals surface area contributed by atoms with Gasteiger partial charge in [0.15, 0.2) is 9.84 Å². The molecule has 1 aliphatic heterocycles. The lowest BCUT2D eigenvalue weighted by Gasteiger charge is -2.35. The third-order valence-corrected chi connectivity index (χ3v) is 19.2. The minimum atomic E-state index is -3.87. The molecule has 0 spiro atoms. The summed E-state index contributed by atoms with van der Waals surface area (Å²) in [5.41, 5.74) is 14.7. The summed E-state index contributed by atoms with van der Waals surface area (Å²) in [5, 5.41) is 12.3. The standard InChI is InChI=1S/C65H80N10O15S3/c1-40(71-59(76)41(2)66)35-75(81)47-17-12-44(13-18-47)37-89-63(80)90-48-31-53(60(77)68-34-43-10-14-45(15-11-43)57-42(3)69-38-92-57)74(36-48)61(78)58(64(4,5)6)73-62(79)88-29-27-86-25-23-84-22-24-85-26-28-87-54-33-51-49(32-56(54)93(82,83)65(7,8)9)50(20-21-67-51)72-46-16-19-55-52(30-46)70-39-91-55/h10-21,30,32-33,38-41,48,53,58H,22-29,31,34-37,66H2,1-9H3,(H3-,67,68,71,72,73,76,77,79)/p+1/t40-,41-,48+,53-,58+/m0/s1. The van der Waals surface area contributed by atoms with Crippen LogP contribution in [0.15, 0.2) is 107 Å². The minimum absolute atomic E-state index is 0.00910. The molecule has 498 valence electrons. The maximum Gasteiger partial charge on any atom is 0.508 e. The van der Waals surface area contributed by atoms with Gasteiger partial charge in [0.25, 0.3) is 5.69 Å². The van der Waals surface area contributed by atoms with E-state index in [2.05, 4.69) is 36.2 Å². The lowest BCUT2D eigenvalue weighted by molar-refractivity contribution is -0.466. The van der Waals surface area contributed by atoms with Crippen molar-refractivity contribution >= 4 is 101 Å². The Morgan fingerprint density at radius 2 is 1.43 bits per heavy atom. The number of ether oxygens (including phenoxy) is 7. The average molecular weight is 1340 g/mol. The van der Waals surface area contributed by atoms with Gasteiger partial charge in [-0.25, -0.2) is 28.0 Å². The number of pyridine rings is 1. The molecule has 3 aromatic heterocycles. The third kappa shape index (κ3) is 19.4. The summed E-state index contributed by atoms with van der Waals surface area (Å²) in [4.78, 5) is 95.6. The maximum absolute atomic E-state index is 14.6. The number of nitrogens with one attached hydrogen (secondary N) is 4. The molecule has 8 rings (SSSR count). The number of amides is 4. The number of nitrogens with two attached hydrogens (primary N) is 1. The van der Waals surface area contributed by atoms with Gasteiger partial charge in [0.1, 0.15) is 48.7 Å². The van der Waals surface area contributed by atoms with Gasteiger partial charge in [-0.3, -0.25) is 19.4 Å². The number of rotatable bonds is 30. The van der Waals surface area contributed by atoms with Crippen LogP contribution < -0.4 is 31.7 Å². The number of hydrogen-bond acceptors (Lipinski definition) is 22. The quantitative estimate of drug-likeness (QED) is 0.0159. The van der Waals surface area contributed by atoms with Crippen molar-refractivity contribution in [1.29, 1.82) is 0 Å². The van der Waals surface area contributed by atoms with E-state index in [4.69, 9.17) is 38.9 Å². The number of nitrogens with zero attached hydrogens (tertiary/aromatic N) is 5. The molecule has 0 radical (unpaired) electrons. The zero-order valence-electron chi connectivity index (χ0n) is 53.6. The Morgan fingerprint density at radius 1 is 0.763 bits per heavy atom. The molecule has 0 saturated carbocycles. The predicted octanol–water partition coefficient (Wildman–Crippen LogP) is 9.06. The van der Waals surface area contributed by atoms with Crippen LogP contribution in [-0.2, 0) is 65.8 Å². The van der Waals surface area contributed by atoms with E-state index in [9.17, 15) is 37.3 Å². The largest absolute Gasteiger partial charge is 0.508 e. The summed E-state index contributed by atoms with van der Waals surface area (Å²) in [6.45, 7) is 15.8. The number of likely N-dealkylation sites (tertiary alicyclic amines) is 1. The number of aromatic nitrogens is 3. The summed E-state index contributed by atoms with van der Waals surface area (Å²) in [6, 6.07) is 21.3. The van der Waals surface area contributed by atoms with Gasteiger partial charge in [0, 0.05) is 63.8 Å². The van der Waals surface area contributed by atoms with Crippen LogP contribution in [0.4, 0.5) is 26.7 Å². The number of hydrogen-bond donors (Lipinski definition) is 5. The molecule has 25 nitrogen and oxygen atoms in total. The smallest absolute Gasteiger partial charge is 0.490 e. The van der Waals surface area contributed by atoms with Crippen LogP contribution >= 0.6 is 22.7 Å². The Kier molecular flexibility index (Phi) is 24.3. The van der Waals surface area contributed by atoms with Crippen molar-refractivity contribution in [3.8, 4) is 16.2 Å². The van der Waals surface area contributed by atoms with Gasteiger partial charge in [-0.05, 0) is 106 Å². The highest BCUT2D eigenvalue weighted by atomic mass is 32.2. The number of benzene rings is 4. The molecule has 7 aromatic rings. The number of fused-ring (bicyclic) bond motifs is 2. The van der Waals surface area contributed by atoms with Crippen LogP contribution in [0.3, 0.4) is 0 Å². The SMILES string of the molecule is Cc1ncsc1-c1ccc(CNC(=O)[C@@H]2C[C@@H](OC(=O)OCc3ccc([N+](=O)C[C@H](C)NC(=O)[C@H](C)N)cc3)CN2C(=O)[C@@H](NC(=O)OCCOCCOCCOCCOc2cc3nccc(Nc4ccc5scnc5c4)c3cc2S(=O)(=O)C(C)(C)C)C(C)(C)C)cc1. The van der Waals surface area contributed by atoms with Crippen LogP contribution in [0.5, 0.6) is 5.75 Å². The highest BCUT2D eigenvalue weighted by molar-refractivity contribution is 7.92. The molecule has 0 aliphatic carbocycles. The number of carbonyl (C=O) groups excluding carboxylic acids is 5. The summed E-state index contributed by atoms with van der Waals surface area (Å²) in [6.07, 6.45) is -1.37. The summed E-state index contributed by atoms with van der Waals surface area (Å²) in [7, 11) is -3.87. The Balaban J connectivity index is 0.778. The molecule has 4 amide bonds. The first-order valence-electron chi connectivity index (χ1n) is 30.3. The summed E-state index contributed by atoms with van der Waals surface area (Å²) >= 11 is 3.07. The molecule has 28 heteroatoms. The van der Waals surface area contributed by atoms with Crippen LogP contribution in [0.2, 0.25) is 0 Å². The molecule has 4 heterocycles. The molecule has 93 heavy (non-hydrogen) atoms. The number of nitroso groups, excluding NO2 is 1. The Hall–Kier alpha value is -8.25. The van der Waals surface area contributed by atoms with Gasteiger partial charge < -0.3 is 65.1 Å². The lowest BCUT2D eigenvalue weighted by Crippen LogP contribution is -2.57. The van der Waals surface area contributed by atoms with Crippen molar-refractivity contribution < 1.29 is 70.3 Å². The van der Waals surface area contributed by atoms with Gasteiger partial charge in [-0.2, -0.15) is 0 Å². The first-order valence-corrected chi connectivity index (χ1v) is 33.6. The van der Waals surface area contributed by atoms with Gasteiger partial charge in [0.05, 0.1) is 100 Å². The summed E-state index contributed by atoms with van der Waals surface area (Å²) in [5.74, 6) is -1.34. The van der Waals surface area contributed by atoms with Crippen LogP contribution in [-0.4, -0.2) is 164 Å². The minimum Gasteiger partial charge on any atom is -0.490 e. The van der Waals surface area contributed by atoms with Crippen molar-refractivity contribution in [3.63, 3.8) is 0 Å². The molecule has 1 aliphatic rings. The second-order valence-electron chi connectivity index (χ2n) is 24.3. The van der Waals surface area contributed by atoms with Gasteiger partial charge in [-0.15, -0.1) is 22.7 Å². The van der Waals surface area contributed by atoms with Gasteiger partial charge >= 0.3 is 12.2 Å². The molecule has 0 unspecified atom stereocenters. The van der Waals surface area contributed by atoms with Gasteiger partial charge in [0.2, 0.25) is 24.3 Å². The van der Waals surface area contributed by atoms with Crippen molar-refractivity contribution in [1.82, 2.24) is 35.8 Å². The molecule has 5 atom stereocenters. The fourth-order valence-corrected chi connectivity index (χ4v) is 12.6. The monoisotopic (exact) mass is 1340 g/mol. The second-order valence-corrected chi connectivity index (χ2v) is 28.8. The van der Waals surface area contributed by atoms with E-state index in [1.165, 1.54) is 16.2 Å². The topological polar surface area (TPSA) is 320 Å². The first-order chi connectivity index (χ1) is 44.2. The molecular weight excluding hydrogens is 1260 g/mol. The van der Waals surface area contributed by atoms with E-state index in [1.54, 1.807) is 126 Å². The third-order valence-electron chi connectivity index (χ3n) is 14.9. The number of anilines is 2. The lowest BCUT2D eigenvalue weighted by atomic mass is 9.85. The van der Waals surface area contributed by atoms with Crippen LogP contribution in [0.1, 0.15) is 78.6 Å². The van der Waals surface area contributed by atoms with E-state index in [0.717, 1.165) is 42.4 Å². The van der Waals surface area contributed by atoms with E-state index in [-0.39, 0.29) is 102 Å². The Bertz CT molecular complexity index is 3850. The normalized spacial score (nSPS) is 15.3. The molecule has 4 aromatic carbocycles. The van der Waals surface area contributed by atoms with Crippen molar-refractivity contribution in [2.45, 2.75) is 122 Å². The number of aryl methyl sites for hydroxylation is 1. The average Bonchev–Trinajstić information content (AvgIpc) is 1.44. The van der Waals surface area contributed by atoms with E-state index in [1.807, 2.05) is 49.4 Å². The fraction of sp³-hybridized carbons (Fsp3) is 0.446. The van der Waals surface area contributed by atoms with Crippen molar-refractivity contribution in [2.75, 3.05) is 71.3 Å². The van der Waals surface area contributed by atoms with E-state index in [0.29, 0.717) is 27.8 Å². The Labute approximate surface area is 548 Å². The number of sulfone groups is 1. The molecule has 0 bridgehead atoms. The summed E-state index contributed by atoms with van der Waals surface area (Å²) < 4.78 is 68.1. The first kappa shape index (κ1) is 70.6. The second kappa shape index (κ2) is 32.1. The fourth-order valence-electron chi connectivity index (χ4n) is 9.81. The number of thiazole rings is 2. The van der Waals surface area contributed by atoms with Crippen LogP contribution in [0, 0.1) is 17.2 Å². The molecular formula is C65H81N10O15S3+. The zero-order chi connectivity index (χ0) is 67.0. The maximum atomic E-state index is 14.6.